The van der Waals surface area contributed by atoms with Gasteiger partial charge in [0.25, 0.3) is 0 Å². The molecule has 4 heterocycles. The number of nitrogens with zero attached hydrogens (tertiary/aromatic N) is 6. The summed E-state index contributed by atoms with van der Waals surface area (Å²) in [4.78, 5) is 5.37. The third-order valence-electron chi connectivity index (χ3n) is 9.69. The van der Waals surface area contributed by atoms with Gasteiger partial charge in [-0.2, -0.15) is 6.20 Å². The second-order valence-electron chi connectivity index (χ2n) is 13.1. The van der Waals surface area contributed by atoms with E-state index in [0.717, 1.165) is 65.3 Å². The molecule has 1 aromatic carbocycles. The van der Waals surface area contributed by atoms with Crippen molar-refractivity contribution in [2.75, 3.05) is 45.8 Å². The van der Waals surface area contributed by atoms with Gasteiger partial charge < -0.3 is 21.3 Å². The van der Waals surface area contributed by atoms with Gasteiger partial charge in [0.1, 0.15) is 0 Å². The molecule has 0 saturated carbocycles. The van der Waals surface area contributed by atoms with Gasteiger partial charge in [-0.25, -0.2) is 0 Å². The van der Waals surface area contributed by atoms with Crippen LogP contribution in [0.3, 0.4) is 0 Å². The third-order valence-corrected chi connectivity index (χ3v) is 9.69. The molecule has 0 amide bonds. The molecule has 0 aliphatic carbocycles. The second-order valence-corrected chi connectivity index (χ2v) is 13.1. The van der Waals surface area contributed by atoms with Crippen LogP contribution in [0.25, 0.3) is 21.3 Å². The Morgan fingerprint density at radius 2 is 1.07 bits per heavy atom. The average molecular weight is 700 g/mol. The molecular formula is C36H56Cu2N6-2. The first-order valence-electron chi connectivity index (χ1n) is 17.4. The topological polar surface area (TPSA) is 62.9 Å². The Morgan fingerprint density at radius 1 is 0.591 bits per heavy atom. The fraction of sp³-hybridized carbons (Fsp3) is 0.722. The number of allylic oxidation sites excluding steroid dienone is 2. The zero-order valence-electron chi connectivity index (χ0n) is 26.8. The van der Waals surface area contributed by atoms with Crippen LogP contribution in [-0.2, 0) is 47.2 Å². The molecule has 8 heteroatoms. The van der Waals surface area contributed by atoms with Crippen LogP contribution in [0.5, 0.6) is 0 Å². The Kier molecular flexibility index (Phi) is 18.9. The van der Waals surface area contributed by atoms with Crippen molar-refractivity contribution in [1.82, 2.24) is 9.80 Å². The quantitative estimate of drug-likeness (QED) is 0.163. The Bertz CT molecular complexity index is 918. The molecule has 4 aliphatic heterocycles. The summed E-state index contributed by atoms with van der Waals surface area (Å²) in [5.41, 5.74) is 2.89. The zero-order valence-corrected chi connectivity index (χ0v) is 28.7. The standard InChI is InChI=1S/C36H56N6.2Cu/c1-5-20-37-33(12-1)16-24-41(25-17-34-13-2-6-21-38-34)29-31-10-9-11-32(28-31)30-42(26-18-35-14-3-7-22-39-35)27-19-36-15-4-8-23-40-36;;/h1,5,9-12,20,28,33-36H,2-4,6-8,13-19,21-27,29-30H2;;/q-4;2*+1. The van der Waals surface area contributed by atoms with Crippen molar-refractivity contribution in [3.63, 3.8) is 0 Å². The minimum absolute atomic E-state index is 0. The van der Waals surface area contributed by atoms with Gasteiger partial charge in [0, 0.05) is 13.1 Å². The Balaban J connectivity index is 0.00000264. The summed E-state index contributed by atoms with van der Waals surface area (Å²) in [6.07, 6.45) is 24.8. The molecule has 1 aromatic rings. The fourth-order valence-corrected chi connectivity index (χ4v) is 7.09. The van der Waals surface area contributed by atoms with Crippen LogP contribution in [0.15, 0.2) is 48.7 Å². The number of rotatable bonds is 16. The smallest absolute Gasteiger partial charge is 0.685 e. The van der Waals surface area contributed by atoms with Crippen molar-refractivity contribution in [3.8, 4) is 0 Å². The van der Waals surface area contributed by atoms with E-state index in [0.29, 0.717) is 24.2 Å². The van der Waals surface area contributed by atoms with E-state index in [9.17, 15) is 0 Å². The molecule has 5 rings (SSSR count). The third kappa shape index (κ3) is 14.0. The largest absolute Gasteiger partial charge is 1.00 e. The van der Waals surface area contributed by atoms with Crippen molar-refractivity contribution in [1.29, 1.82) is 0 Å². The van der Waals surface area contributed by atoms with Crippen LogP contribution in [0, 0.1) is 0 Å². The van der Waals surface area contributed by atoms with Gasteiger partial charge in [0.2, 0.25) is 0 Å². The van der Waals surface area contributed by atoms with Crippen molar-refractivity contribution < 1.29 is 34.1 Å². The maximum Gasteiger partial charge on any atom is 1.00 e. The molecule has 44 heavy (non-hydrogen) atoms. The van der Waals surface area contributed by atoms with E-state index in [1.54, 1.807) is 0 Å². The number of hydrogen-bond acceptors (Lipinski definition) is 2. The zero-order chi connectivity index (χ0) is 28.7. The van der Waals surface area contributed by atoms with Crippen molar-refractivity contribution in [3.05, 3.63) is 81.1 Å². The Hall–Kier alpha value is -0.661. The van der Waals surface area contributed by atoms with Gasteiger partial charge in [-0.05, 0) is 37.3 Å². The van der Waals surface area contributed by atoms with Crippen LogP contribution in [0.1, 0.15) is 94.6 Å². The van der Waals surface area contributed by atoms with Crippen LogP contribution in [0.4, 0.5) is 0 Å². The molecule has 0 spiro atoms. The predicted octanol–water partition coefficient (Wildman–Crippen LogP) is 8.45. The minimum Gasteiger partial charge on any atom is -0.685 e. The average Bonchev–Trinajstić information content (AvgIpc) is 3.06. The van der Waals surface area contributed by atoms with E-state index in [4.69, 9.17) is 16.0 Å². The molecule has 254 valence electrons. The second kappa shape index (κ2) is 22.0. The SMILES string of the molecule is C1=C[N-]C(CCN(CCC2CCCC[N-]2)Cc2cccc(CN(CCC3CCCC[N-]3)CCC3CCCC[N-]3)c2)C=C1.[Cu+].[Cu+]. The van der Waals surface area contributed by atoms with E-state index in [2.05, 4.69) is 51.5 Å². The van der Waals surface area contributed by atoms with E-state index < -0.39 is 0 Å². The summed E-state index contributed by atoms with van der Waals surface area (Å²) >= 11 is 0. The van der Waals surface area contributed by atoms with Gasteiger partial charge in [-0.1, -0.05) is 132 Å². The first-order chi connectivity index (χ1) is 20.8. The van der Waals surface area contributed by atoms with E-state index >= 15 is 0 Å². The van der Waals surface area contributed by atoms with Crippen LogP contribution >= 0.6 is 0 Å². The molecule has 6 nitrogen and oxygen atoms in total. The van der Waals surface area contributed by atoms with Crippen molar-refractivity contribution >= 4 is 0 Å². The summed E-state index contributed by atoms with van der Waals surface area (Å²) in [6.45, 7) is 9.73. The monoisotopic (exact) mass is 698 g/mol. The summed E-state index contributed by atoms with van der Waals surface area (Å²) in [6, 6.07) is 11.4. The number of piperidine rings is 3. The van der Waals surface area contributed by atoms with E-state index in [-0.39, 0.29) is 34.1 Å². The van der Waals surface area contributed by atoms with Gasteiger partial charge in [0.05, 0.1) is 0 Å². The number of hydrogen-bond donors (Lipinski definition) is 0. The summed E-state index contributed by atoms with van der Waals surface area (Å²) in [7, 11) is 0. The van der Waals surface area contributed by atoms with Gasteiger partial charge in [-0.3, -0.25) is 9.80 Å². The van der Waals surface area contributed by atoms with Gasteiger partial charge in [0.15, 0.2) is 0 Å². The molecule has 0 radical (unpaired) electrons. The van der Waals surface area contributed by atoms with Crippen LogP contribution in [-0.4, -0.2) is 79.8 Å². The molecular weight excluding hydrogens is 644 g/mol. The molecule has 3 fully saturated rings. The molecule has 0 bridgehead atoms. The fourth-order valence-electron chi connectivity index (χ4n) is 7.09. The molecule has 4 aliphatic rings. The number of benzene rings is 1. The van der Waals surface area contributed by atoms with Crippen molar-refractivity contribution in [2.45, 2.75) is 121 Å². The minimum atomic E-state index is 0. The summed E-state index contributed by atoms with van der Waals surface area (Å²) < 4.78 is 0. The molecule has 0 aromatic heterocycles. The summed E-state index contributed by atoms with van der Waals surface area (Å²) in [5, 5.41) is 19.5. The maximum absolute atomic E-state index is 4.94. The Morgan fingerprint density at radius 3 is 1.48 bits per heavy atom. The maximum atomic E-state index is 4.94. The first kappa shape index (κ1) is 37.8. The van der Waals surface area contributed by atoms with Crippen LogP contribution in [0.2, 0.25) is 0 Å². The molecule has 0 N–H and O–H groups in total. The molecule has 4 atom stereocenters. The summed E-state index contributed by atoms with van der Waals surface area (Å²) in [5.74, 6) is 0. The van der Waals surface area contributed by atoms with Crippen molar-refractivity contribution in [2.24, 2.45) is 0 Å². The van der Waals surface area contributed by atoms with Gasteiger partial charge >= 0.3 is 34.1 Å². The van der Waals surface area contributed by atoms with E-state index in [1.807, 2.05) is 12.3 Å². The normalized spacial score (nSPS) is 25.3. The predicted molar refractivity (Wildman–Crippen MR) is 178 cm³/mol. The van der Waals surface area contributed by atoms with Gasteiger partial charge in [-0.15, -0.1) is 37.8 Å². The van der Waals surface area contributed by atoms with E-state index in [1.165, 1.54) is 88.2 Å². The first-order valence-corrected chi connectivity index (χ1v) is 17.4. The van der Waals surface area contributed by atoms with Crippen LogP contribution < -0.4 is 0 Å². The Labute approximate surface area is 290 Å². The molecule has 4 unspecified atom stereocenters. The molecule has 3 saturated heterocycles.